The van der Waals surface area contributed by atoms with Gasteiger partial charge in [0.15, 0.2) is 0 Å². The Morgan fingerprint density at radius 1 is 1.37 bits per heavy atom. The third-order valence-corrected chi connectivity index (χ3v) is 4.12. The fourth-order valence-corrected chi connectivity index (χ4v) is 2.87. The van der Waals surface area contributed by atoms with E-state index in [0.29, 0.717) is 4.99 Å². The van der Waals surface area contributed by atoms with Crippen LogP contribution in [0.2, 0.25) is 0 Å². The summed E-state index contributed by atoms with van der Waals surface area (Å²) in [7, 11) is 0. The van der Waals surface area contributed by atoms with Gasteiger partial charge in [-0.2, -0.15) is 0 Å². The van der Waals surface area contributed by atoms with Crippen molar-refractivity contribution in [1.29, 1.82) is 0 Å². The number of aryl methyl sites for hydroxylation is 1. The topological polar surface area (TPSA) is 49.5 Å². The van der Waals surface area contributed by atoms with Crippen molar-refractivity contribution in [2.75, 3.05) is 18.0 Å². The van der Waals surface area contributed by atoms with E-state index in [1.54, 1.807) is 0 Å². The van der Waals surface area contributed by atoms with Crippen LogP contribution in [0.4, 0.5) is 5.69 Å². The molecule has 0 saturated carbocycles. The molecule has 2 rings (SSSR count). The number of hydrogen-bond acceptors (Lipinski definition) is 3. The van der Waals surface area contributed by atoms with Gasteiger partial charge in [0.2, 0.25) is 0 Å². The average molecular weight is 278 g/mol. The number of rotatable bonds is 2. The number of nitrogens with two attached hydrogens (primary N) is 1. The fourth-order valence-electron chi connectivity index (χ4n) is 2.64. The van der Waals surface area contributed by atoms with Crippen LogP contribution in [-0.4, -0.2) is 28.8 Å². The van der Waals surface area contributed by atoms with Gasteiger partial charge in [0, 0.05) is 24.3 Å². The lowest BCUT2D eigenvalue weighted by atomic mass is 9.98. The SMILES string of the molecule is Cc1cc(N2CCCC(C)(O)CC2)ccc1C(N)=S. The predicted octanol–water partition coefficient (Wildman–Crippen LogP) is 2.37. The Morgan fingerprint density at radius 3 is 2.74 bits per heavy atom. The summed E-state index contributed by atoms with van der Waals surface area (Å²) >= 11 is 5.03. The van der Waals surface area contributed by atoms with E-state index in [1.807, 2.05) is 19.9 Å². The molecule has 1 heterocycles. The number of nitrogens with zero attached hydrogens (tertiary/aromatic N) is 1. The second-order valence-electron chi connectivity index (χ2n) is 5.70. The van der Waals surface area contributed by atoms with Crippen LogP contribution in [0.1, 0.15) is 37.3 Å². The minimum Gasteiger partial charge on any atom is -0.390 e. The highest BCUT2D eigenvalue weighted by molar-refractivity contribution is 7.80. The lowest BCUT2D eigenvalue weighted by Crippen LogP contribution is -2.28. The Bertz CT molecular complexity index is 485. The van der Waals surface area contributed by atoms with Gasteiger partial charge in [-0.05, 0) is 56.9 Å². The molecule has 3 N–H and O–H groups in total. The summed E-state index contributed by atoms with van der Waals surface area (Å²) in [5.74, 6) is 0. The molecule has 1 aliphatic heterocycles. The van der Waals surface area contributed by atoms with Crippen LogP contribution in [0.25, 0.3) is 0 Å². The zero-order valence-electron chi connectivity index (χ0n) is 11.6. The predicted molar refractivity (Wildman–Crippen MR) is 83.8 cm³/mol. The zero-order chi connectivity index (χ0) is 14.0. The summed E-state index contributed by atoms with van der Waals surface area (Å²) in [6, 6.07) is 6.20. The van der Waals surface area contributed by atoms with Crippen LogP contribution in [0.3, 0.4) is 0 Å². The third-order valence-electron chi connectivity index (χ3n) is 3.90. The van der Waals surface area contributed by atoms with Crippen LogP contribution in [-0.2, 0) is 0 Å². The number of aliphatic hydroxyl groups is 1. The van der Waals surface area contributed by atoms with Gasteiger partial charge in [-0.25, -0.2) is 0 Å². The molecule has 1 fully saturated rings. The summed E-state index contributed by atoms with van der Waals surface area (Å²) in [5, 5.41) is 10.1. The first-order valence-corrected chi connectivity index (χ1v) is 7.18. The van der Waals surface area contributed by atoms with Crippen LogP contribution >= 0.6 is 12.2 Å². The largest absolute Gasteiger partial charge is 0.390 e. The molecule has 0 radical (unpaired) electrons. The van der Waals surface area contributed by atoms with Gasteiger partial charge in [0.05, 0.1) is 5.60 Å². The van der Waals surface area contributed by atoms with Crippen LogP contribution in [0.5, 0.6) is 0 Å². The van der Waals surface area contributed by atoms with Gasteiger partial charge in [0.25, 0.3) is 0 Å². The quantitative estimate of drug-likeness (QED) is 0.816. The smallest absolute Gasteiger partial charge is 0.104 e. The minimum absolute atomic E-state index is 0.447. The molecule has 3 nitrogen and oxygen atoms in total. The van der Waals surface area contributed by atoms with E-state index in [2.05, 4.69) is 17.0 Å². The number of hydrogen-bond donors (Lipinski definition) is 2. The van der Waals surface area contributed by atoms with E-state index >= 15 is 0 Å². The van der Waals surface area contributed by atoms with Crippen LogP contribution in [0, 0.1) is 6.92 Å². The molecule has 0 aliphatic carbocycles. The number of benzene rings is 1. The van der Waals surface area contributed by atoms with E-state index in [1.165, 1.54) is 5.69 Å². The highest BCUT2D eigenvalue weighted by Crippen LogP contribution is 2.26. The van der Waals surface area contributed by atoms with Gasteiger partial charge in [0.1, 0.15) is 4.99 Å². The zero-order valence-corrected chi connectivity index (χ0v) is 12.5. The minimum atomic E-state index is -0.525. The normalized spacial score (nSPS) is 24.1. The maximum absolute atomic E-state index is 10.1. The first-order chi connectivity index (χ1) is 8.89. The highest BCUT2D eigenvalue weighted by Gasteiger charge is 2.25. The van der Waals surface area contributed by atoms with Crippen molar-refractivity contribution in [3.63, 3.8) is 0 Å². The summed E-state index contributed by atoms with van der Waals surface area (Å²) in [4.78, 5) is 2.78. The summed E-state index contributed by atoms with van der Waals surface area (Å²) in [6.45, 7) is 5.84. The first kappa shape index (κ1) is 14.3. The molecule has 1 aromatic carbocycles. The lowest BCUT2D eigenvalue weighted by molar-refractivity contribution is 0.0481. The Balaban J connectivity index is 2.18. The Labute approximate surface area is 120 Å². The van der Waals surface area contributed by atoms with E-state index in [-0.39, 0.29) is 0 Å². The molecule has 4 heteroatoms. The Hall–Kier alpha value is -1.13. The van der Waals surface area contributed by atoms with Gasteiger partial charge in [-0.1, -0.05) is 12.2 Å². The second kappa shape index (κ2) is 5.47. The van der Waals surface area contributed by atoms with Crippen LogP contribution in [0.15, 0.2) is 18.2 Å². The second-order valence-corrected chi connectivity index (χ2v) is 6.14. The molecule has 0 spiro atoms. The molecule has 104 valence electrons. The number of anilines is 1. The Kier molecular flexibility index (Phi) is 4.11. The number of thiocarbonyl (C=S) groups is 1. The monoisotopic (exact) mass is 278 g/mol. The summed E-state index contributed by atoms with van der Waals surface area (Å²) in [6.07, 6.45) is 2.69. The lowest BCUT2D eigenvalue weighted by Gasteiger charge is -2.25. The molecule has 1 unspecified atom stereocenters. The molecular weight excluding hydrogens is 256 g/mol. The molecule has 1 saturated heterocycles. The third kappa shape index (κ3) is 3.45. The van der Waals surface area contributed by atoms with Crippen molar-refractivity contribution in [2.24, 2.45) is 5.73 Å². The standard InChI is InChI=1S/C15H22N2OS/c1-11-10-12(4-5-13(11)14(16)19)17-8-3-6-15(2,18)7-9-17/h4-5,10,18H,3,6-9H2,1-2H3,(H2,16,19). The van der Waals surface area contributed by atoms with Crippen molar-refractivity contribution in [1.82, 2.24) is 0 Å². The average Bonchev–Trinajstić information content (AvgIpc) is 2.49. The maximum atomic E-state index is 10.1. The van der Waals surface area contributed by atoms with E-state index in [4.69, 9.17) is 18.0 Å². The van der Waals surface area contributed by atoms with E-state index in [9.17, 15) is 5.11 Å². The van der Waals surface area contributed by atoms with E-state index < -0.39 is 5.60 Å². The van der Waals surface area contributed by atoms with Crippen molar-refractivity contribution < 1.29 is 5.11 Å². The Morgan fingerprint density at radius 2 is 2.11 bits per heavy atom. The van der Waals surface area contributed by atoms with Crippen LogP contribution < -0.4 is 10.6 Å². The van der Waals surface area contributed by atoms with Gasteiger partial charge >= 0.3 is 0 Å². The van der Waals surface area contributed by atoms with E-state index in [0.717, 1.165) is 43.5 Å². The summed E-state index contributed by atoms with van der Waals surface area (Å²) in [5.41, 5.74) is 8.41. The van der Waals surface area contributed by atoms with Gasteiger partial charge in [-0.3, -0.25) is 0 Å². The van der Waals surface area contributed by atoms with Crippen molar-refractivity contribution in [3.05, 3.63) is 29.3 Å². The van der Waals surface area contributed by atoms with Crippen molar-refractivity contribution in [2.45, 2.75) is 38.7 Å². The summed E-state index contributed by atoms with van der Waals surface area (Å²) < 4.78 is 0. The molecule has 1 aromatic rings. The molecule has 0 amide bonds. The first-order valence-electron chi connectivity index (χ1n) is 6.77. The molecule has 0 aromatic heterocycles. The highest BCUT2D eigenvalue weighted by atomic mass is 32.1. The van der Waals surface area contributed by atoms with Crippen molar-refractivity contribution in [3.8, 4) is 0 Å². The molecule has 1 atom stereocenters. The molecule has 0 bridgehead atoms. The van der Waals surface area contributed by atoms with Gasteiger partial charge in [-0.15, -0.1) is 0 Å². The molecule has 19 heavy (non-hydrogen) atoms. The van der Waals surface area contributed by atoms with Gasteiger partial charge < -0.3 is 15.7 Å². The molecule has 1 aliphatic rings. The van der Waals surface area contributed by atoms with Crippen molar-refractivity contribution >= 4 is 22.9 Å². The maximum Gasteiger partial charge on any atom is 0.104 e. The fraction of sp³-hybridized carbons (Fsp3) is 0.533. The molecular formula is C15H22N2OS.